The third-order valence-electron chi connectivity index (χ3n) is 4.06. The Kier molecular flexibility index (Phi) is 6.66. The largest absolute Gasteiger partial charge is 0.463 e. The van der Waals surface area contributed by atoms with E-state index in [0.717, 1.165) is 11.8 Å². The molecule has 8 heteroatoms. The smallest absolute Gasteiger partial charge is 0.338 e. The Morgan fingerprint density at radius 2 is 1.69 bits per heavy atom. The quantitative estimate of drug-likeness (QED) is 0.663. The minimum atomic E-state index is -0.421. The van der Waals surface area contributed by atoms with Gasteiger partial charge in [0.05, 0.1) is 35.8 Å². The van der Waals surface area contributed by atoms with Crippen LogP contribution in [0.25, 0.3) is 0 Å². The number of hydrogen-bond acceptors (Lipinski definition) is 8. The number of thioether (sulfide) groups is 1. The van der Waals surface area contributed by atoms with Crippen LogP contribution in [0.15, 0.2) is 64.3 Å². The number of allylic oxidation sites excluding steroid dienone is 2. The molecule has 0 spiro atoms. The lowest BCUT2D eigenvalue weighted by molar-refractivity contribution is -0.138. The summed E-state index contributed by atoms with van der Waals surface area (Å²) in [6.45, 7) is 4.41. The van der Waals surface area contributed by atoms with E-state index in [0.29, 0.717) is 47.2 Å². The molecule has 0 aromatic heterocycles. The van der Waals surface area contributed by atoms with Crippen LogP contribution in [-0.4, -0.2) is 47.5 Å². The van der Waals surface area contributed by atoms with Gasteiger partial charge in [-0.05, 0) is 62.0 Å². The molecule has 0 fully saturated rings. The van der Waals surface area contributed by atoms with E-state index < -0.39 is 11.9 Å². The maximum atomic E-state index is 12.7. The van der Waals surface area contributed by atoms with Crippen LogP contribution < -0.4 is 0 Å². The topological polar surface area (TPSA) is 85.3 Å². The van der Waals surface area contributed by atoms with Gasteiger partial charge in [-0.25, -0.2) is 14.6 Å². The van der Waals surface area contributed by atoms with Crippen molar-refractivity contribution in [1.29, 1.82) is 0 Å². The van der Waals surface area contributed by atoms with Gasteiger partial charge >= 0.3 is 11.9 Å². The molecule has 0 unspecified atom stereocenters. The predicted octanol–water partition coefficient (Wildman–Crippen LogP) is 3.31. The molecule has 1 aromatic carbocycles. The van der Waals surface area contributed by atoms with Crippen LogP contribution in [0.5, 0.6) is 0 Å². The highest BCUT2D eigenvalue weighted by Crippen LogP contribution is 2.29. The third kappa shape index (κ3) is 4.83. The van der Waals surface area contributed by atoms with Crippen molar-refractivity contribution in [2.45, 2.75) is 13.8 Å². The standard InChI is InChI=1S/C21H20N2O5S/c1-3-27-19(24)14-7-9-15(10-8-14)21(26)29-17-6-5-11-23-13-16(12-22-18(17)23)20(25)28-4-2/h5-12H,3-4,13H2,1-2H3. The van der Waals surface area contributed by atoms with Gasteiger partial charge in [0.25, 0.3) is 0 Å². The van der Waals surface area contributed by atoms with Crippen molar-refractivity contribution < 1.29 is 23.9 Å². The minimum Gasteiger partial charge on any atom is -0.463 e. The summed E-state index contributed by atoms with van der Waals surface area (Å²) >= 11 is 1.04. The monoisotopic (exact) mass is 412 g/mol. The molecule has 2 heterocycles. The first kappa shape index (κ1) is 20.6. The van der Waals surface area contributed by atoms with E-state index in [2.05, 4.69) is 4.99 Å². The van der Waals surface area contributed by atoms with E-state index in [1.54, 1.807) is 61.4 Å². The fraction of sp³-hybridized carbons (Fsp3) is 0.238. The number of hydrogen-bond donors (Lipinski definition) is 0. The fourth-order valence-electron chi connectivity index (χ4n) is 2.69. The summed E-state index contributed by atoms with van der Waals surface area (Å²) in [4.78, 5) is 43.1. The Labute approximate surface area is 172 Å². The zero-order valence-electron chi connectivity index (χ0n) is 16.1. The third-order valence-corrected chi connectivity index (χ3v) is 5.02. The Morgan fingerprint density at radius 1 is 1.03 bits per heavy atom. The number of fused-ring (bicyclic) bond motifs is 1. The molecule has 3 rings (SSSR count). The average molecular weight is 412 g/mol. The van der Waals surface area contributed by atoms with E-state index in [4.69, 9.17) is 9.47 Å². The van der Waals surface area contributed by atoms with Gasteiger partial charge in [0.15, 0.2) is 0 Å². The molecule has 0 atom stereocenters. The highest BCUT2D eigenvalue weighted by atomic mass is 32.2. The summed E-state index contributed by atoms with van der Waals surface area (Å²) in [5.74, 6) is -0.220. The lowest BCUT2D eigenvalue weighted by Crippen LogP contribution is -2.34. The molecule has 1 aromatic rings. The van der Waals surface area contributed by atoms with Gasteiger partial charge in [0.1, 0.15) is 5.84 Å². The number of carbonyl (C=O) groups is 3. The van der Waals surface area contributed by atoms with E-state index in [1.165, 1.54) is 6.20 Å². The molecule has 150 valence electrons. The molecule has 2 aliphatic rings. The summed E-state index contributed by atoms with van der Waals surface area (Å²) in [6.07, 6.45) is 6.88. The maximum absolute atomic E-state index is 12.7. The van der Waals surface area contributed by atoms with Crippen molar-refractivity contribution >= 4 is 34.7 Å². The molecule has 29 heavy (non-hydrogen) atoms. The van der Waals surface area contributed by atoms with Crippen LogP contribution >= 0.6 is 11.8 Å². The first-order chi connectivity index (χ1) is 14.0. The summed E-state index contributed by atoms with van der Waals surface area (Å²) in [5, 5.41) is -0.176. The highest BCUT2D eigenvalue weighted by molar-refractivity contribution is 8.18. The van der Waals surface area contributed by atoms with E-state index in [9.17, 15) is 14.4 Å². The Morgan fingerprint density at radius 3 is 2.38 bits per heavy atom. The lowest BCUT2D eigenvalue weighted by atomic mass is 10.1. The summed E-state index contributed by atoms with van der Waals surface area (Å²) in [6, 6.07) is 6.33. The van der Waals surface area contributed by atoms with Gasteiger partial charge in [-0.2, -0.15) is 0 Å². The van der Waals surface area contributed by atoms with Crippen molar-refractivity contribution in [3.05, 3.63) is 70.4 Å². The molecule has 0 saturated carbocycles. The van der Waals surface area contributed by atoms with Crippen LogP contribution in [0.2, 0.25) is 0 Å². The molecule has 0 aliphatic carbocycles. The molecule has 7 nitrogen and oxygen atoms in total. The molecule has 0 amide bonds. The van der Waals surface area contributed by atoms with Crippen LogP contribution in [0.1, 0.15) is 34.6 Å². The lowest BCUT2D eigenvalue weighted by Gasteiger charge is -2.28. The highest BCUT2D eigenvalue weighted by Gasteiger charge is 2.26. The van der Waals surface area contributed by atoms with Gasteiger partial charge in [-0.1, -0.05) is 0 Å². The van der Waals surface area contributed by atoms with Crippen molar-refractivity contribution in [3.8, 4) is 0 Å². The van der Waals surface area contributed by atoms with Crippen LogP contribution in [0.3, 0.4) is 0 Å². The van der Waals surface area contributed by atoms with Gasteiger partial charge in [-0.15, -0.1) is 0 Å². The number of aliphatic imine (C=N–C) groups is 1. The van der Waals surface area contributed by atoms with Crippen molar-refractivity contribution in [2.24, 2.45) is 4.99 Å². The molecular weight excluding hydrogens is 392 g/mol. The average Bonchev–Trinajstić information content (AvgIpc) is 2.74. The number of rotatable bonds is 6. The van der Waals surface area contributed by atoms with Gasteiger partial charge in [0, 0.05) is 18.0 Å². The van der Waals surface area contributed by atoms with Gasteiger partial charge in [0.2, 0.25) is 5.12 Å². The molecule has 0 radical (unpaired) electrons. The number of amidine groups is 1. The number of benzene rings is 1. The first-order valence-corrected chi connectivity index (χ1v) is 9.94. The van der Waals surface area contributed by atoms with Crippen LogP contribution in [0, 0.1) is 0 Å². The number of carbonyl (C=O) groups excluding carboxylic acids is 3. The van der Waals surface area contributed by atoms with Crippen LogP contribution in [0.4, 0.5) is 0 Å². The maximum Gasteiger partial charge on any atom is 0.338 e. The summed E-state index contributed by atoms with van der Waals surface area (Å²) in [5.41, 5.74) is 1.31. The number of esters is 2. The Balaban J connectivity index is 1.72. The van der Waals surface area contributed by atoms with E-state index >= 15 is 0 Å². The zero-order chi connectivity index (χ0) is 20.8. The SMILES string of the molecule is CCOC(=O)C1=CN=C2C(SC(=O)c3ccc(C(=O)OCC)cc3)=CC=CN2C1. The van der Waals surface area contributed by atoms with Gasteiger partial charge in [-0.3, -0.25) is 4.79 Å². The van der Waals surface area contributed by atoms with Crippen molar-refractivity contribution in [1.82, 2.24) is 4.90 Å². The van der Waals surface area contributed by atoms with E-state index in [1.807, 2.05) is 0 Å². The Hall–Kier alpha value is -3.13. The Bertz CT molecular complexity index is 944. The normalized spacial score (nSPS) is 15.0. The minimum absolute atomic E-state index is 0.176. The van der Waals surface area contributed by atoms with Crippen molar-refractivity contribution in [2.75, 3.05) is 19.8 Å². The van der Waals surface area contributed by atoms with E-state index in [-0.39, 0.29) is 5.12 Å². The second-order valence-corrected chi connectivity index (χ2v) is 7.03. The number of ether oxygens (including phenoxy) is 2. The summed E-state index contributed by atoms with van der Waals surface area (Å²) in [7, 11) is 0. The second kappa shape index (κ2) is 9.38. The number of nitrogens with zero attached hydrogens (tertiary/aromatic N) is 2. The zero-order valence-corrected chi connectivity index (χ0v) is 16.9. The molecule has 0 N–H and O–H groups in total. The molecule has 0 bridgehead atoms. The van der Waals surface area contributed by atoms with Crippen LogP contribution in [-0.2, 0) is 14.3 Å². The first-order valence-electron chi connectivity index (χ1n) is 9.12. The molecular formula is C21H20N2O5S. The fourth-order valence-corrected chi connectivity index (χ4v) is 3.55. The second-order valence-electron chi connectivity index (χ2n) is 6.02. The van der Waals surface area contributed by atoms with Gasteiger partial charge < -0.3 is 14.4 Å². The summed E-state index contributed by atoms with van der Waals surface area (Å²) < 4.78 is 9.96. The molecule has 2 aliphatic heterocycles. The predicted molar refractivity (Wildman–Crippen MR) is 110 cm³/mol. The van der Waals surface area contributed by atoms with Crippen molar-refractivity contribution in [3.63, 3.8) is 0 Å². The molecule has 0 saturated heterocycles.